The average molecular weight is 237 g/mol. The van der Waals surface area contributed by atoms with Gasteiger partial charge in [0.1, 0.15) is 0 Å². The van der Waals surface area contributed by atoms with E-state index in [1.54, 1.807) is 7.11 Å². The summed E-state index contributed by atoms with van der Waals surface area (Å²) in [7, 11) is 1.77. The molecule has 1 atom stereocenters. The van der Waals surface area contributed by atoms with Crippen LogP contribution in [0.4, 0.5) is 0 Å². The fourth-order valence-corrected chi connectivity index (χ4v) is 2.32. The lowest BCUT2D eigenvalue weighted by Crippen LogP contribution is -2.19. The molecule has 1 aromatic heterocycles. The van der Waals surface area contributed by atoms with Crippen LogP contribution in [0.5, 0.6) is 0 Å². The van der Waals surface area contributed by atoms with E-state index in [2.05, 4.69) is 16.5 Å². The van der Waals surface area contributed by atoms with E-state index >= 15 is 0 Å². The molecule has 1 saturated carbocycles. The van der Waals surface area contributed by atoms with Crippen LogP contribution < -0.4 is 5.73 Å². The molecule has 0 aliphatic heterocycles. The van der Waals surface area contributed by atoms with Gasteiger partial charge in [-0.3, -0.25) is 0 Å². The molecule has 2 rings (SSSR count). The van der Waals surface area contributed by atoms with Crippen LogP contribution in [0.2, 0.25) is 0 Å². The summed E-state index contributed by atoms with van der Waals surface area (Å²) in [6.45, 7) is 4.00. The second-order valence-corrected chi connectivity index (χ2v) is 5.20. The molecule has 1 heterocycles. The zero-order valence-electron chi connectivity index (χ0n) is 10.9. The molecule has 2 N–H and O–H groups in total. The van der Waals surface area contributed by atoms with Crippen LogP contribution in [0.3, 0.4) is 0 Å². The van der Waals surface area contributed by atoms with Gasteiger partial charge in [-0.05, 0) is 31.1 Å². The largest absolute Gasteiger partial charge is 0.385 e. The summed E-state index contributed by atoms with van der Waals surface area (Å²) < 4.78 is 7.42. The van der Waals surface area contributed by atoms with Crippen molar-refractivity contribution in [2.45, 2.75) is 45.2 Å². The predicted molar refractivity (Wildman–Crippen MR) is 67.6 cm³/mol. The Morgan fingerprint density at radius 2 is 2.35 bits per heavy atom. The normalized spacial score (nSPS) is 19.2. The van der Waals surface area contributed by atoms with Crippen molar-refractivity contribution >= 4 is 0 Å². The molecule has 0 aromatic carbocycles. The second-order valence-electron chi connectivity index (χ2n) is 5.20. The minimum absolute atomic E-state index is 0.107. The molecule has 4 nitrogen and oxygen atoms in total. The number of hydrogen-bond acceptors (Lipinski definition) is 3. The van der Waals surface area contributed by atoms with Gasteiger partial charge in [0.25, 0.3) is 0 Å². The van der Waals surface area contributed by atoms with Crippen molar-refractivity contribution < 1.29 is 4.74 Å². The van der Waals surface area contributed by atoms with Crippen LogP contribution in [0, 0.1) is 5.41 Å². The zero-order chi connectivity index (χ0) is 12.3. The summed E-state index contributed by atoms with van der Waals surface area (Å²) in [6, 6.07) is 0.107. The van der Waals surface area contributed by atoms with E-state index in [1.807, 2.05) is 12.5 Å². The Labute approximate surface area is 103 Å². The lowest BCUT2D eigenvalue weighted by molar-refractivity contribution is 0.166. The third-order valence-corrected chi connectivity index (χ3v) is 3.86. The Morgan fingerprint density at radius 3 is 2.94 bits per heavy atom. The zero-order valence-corrected chi connectivity index (χ0v) is 10.9. The van der Waals surface area contributed by atoms with E-state index in [4.69, 9.17) is 10.5 Å². The fraction of sp³-hybridized carbons (Fsp3) is 0.769. The quantitative estimate of drug-likeness (QED) is 0.790. The van der Waals surface area contributed by atoms with Crippen LogP contribution in [0.1, 0.15) is 44.3 Å². The van der Waals surface area contributed by atoms with Crippen molar-refractivity contribution in [1.82, 2.24) is 9.55 Å². The molecule has 0 bridgehead atoms. The number of aromatic nitrogens is 2. The standard InChI is InChI=1S/C13H23N3O/c1-3-11(14)12-8-15-10-16(12)9-13(4-5-13)6-7-17-2/h8,10-11H,3-7,9,14H2,1-2H3/t11-/m1/s1. The van der Waals surface area contributed by atoms with Crippen molar-refractivity contribution in [3.8, 4) is 0 Å². The molecular formula is C13H23N3O. The molecular weight excluding hydrogens is 214 g/mol. The SMILES string of the molecule is CC[C@@H](N)c1cncn1CC1(CCOC)CC1. The van der Waals surface area contributed by atoms with Gasteiger partial charge in [-0.25, -0.2) is 4.98 Å². The van der Waals surface area contributed by atoms with Crippen molar-refractivity contribution in [3.63, 3.8) is 0 Å². The maximum atomic E-state index is 6.09. The average Bonchev–Trinajstić information content (AvgIpc) is 2.95. The summed E-state index contributed by atoms with van der Waals surface area (Å²) in [6.07, 6.45) is 8.52. The Kier molecular flexibility index (Phi) is 3.84. The first-order chi connectivity index (χ1) is 8.21. The highest BCUT2D eigenvalue weighted by Gasteiger charge is 2.42. The molecule has 1 aliphatic carbocycles. The topological polar surface area (TPSA) is 53.1 Å². The molecule has 1 aliphatic rings. The van der Waals surface area contributed by atoms with Gasteiger partial charge in [-0.1, -0.05) is 6.92 Å². The van der Waals surface area contributed by atoms with E-state index in [0.29, 0.717) is 5.41 Å². The van der Waals surface area contributed by atoms with Crippen LogP contribution in [-0.2, 0) is 11.3 Å². The first-order valence-corrected chi connectivity index (χ1v) is 6.45. The Hall–Kier alpha value is -0.870. The lowest BCUT2D eigenvalue weighted by atomic mass is 10.0. The predicted octanol–water partition coefficient (Wildman–Crippen LogP) is 2.11. The van der Waals surface area contributed by atoms with Crippen molar-refractivity contribution in [1.29, 1.82) is 0 Å². The van der Waals surface area contributed by atoms with Crippen LogP contribution in [0.25, 0.3) is 0 Å². The van der Waals surface area contributed by atoms with Gasteiger partial charge in [0.05, 0.1) is 12.0 Å². The fourth-order valence-electron chi connectivity index (χ4n) is 2.32. The van der Waals surface area contributed by atoms with Crippen molar-refractivity contribution in [2.75, 3.05) is 13.7 Å². The number of rotatable bonds is 7. The Morgan fingerprint density at radius 1 is 1.59 bits per heavy atom. The van der Waals surface area contributed by atoms with Crippen LogP contribution >= 0.6 is 0 Å². The van der Waals surface area contributed by atoms with Crippen molar-refractivity contribution in [3.05, 3.63) is 18.2 Å². The first kappa shape index (κ1) is 12.6. The van der Waals surface area contributed by atoms with Gasteiger partial charge >= 0.3 is 0 Å². The number of nitrogens with zero attached hydrogens (tertiary/aromatic N) is 2. The monoisotopic (exact) mass is 237 g/mol. The number of nitrogens with two attached hydrogens (primary N) is 1. The lowest BCUT2D eigenvalue weighted by Gasteiger charge is -2.19. The molecule has 0 saturated heterocycles. The molecule has 4 heteroatoms. The molecule has 0 amide bonds. The van der Waals surface area contributed by atoms with E-state index in [-0.39, 0.29) is 6.04 Å². The molecule has 17 heavy (non-hydrogen) atoms. The highest BCUT2D eigenvalue weighted by atomic mass is 16.5. The van der Waals surface area contributed by atoms with Gasteiger partial charge in [-0.2, -0.15) is 0 Å². The van der Waals surface area contributed by atoms with E-state index in [0.717, 1.165) is 31.7 Å². The number of ether oxygens (including phenoxy) is 1. The molecule has 0 spiro atoms. The summed E-state index contributed by atoms with van der Waals surface area (Å²) in [4.78, 5) is 4.24. The third kappa shape index (κ3) is 2.87. The first-order valence-electron chi connectivity index (χ1n) is 6.45. The third-order valence-electron chi connectivity index (χ3n) is 3.86. The van der Waals surface area contributed by atoms with Gasteiger partial charge in [0, 0.05) is 32.5 Å². The van der Waals surface area contributed by atoms with E-state index < -0.39 is 0 Å². The maximum absolute atomic E-state index is 6.09. The minimum atomic E-state index is 0.107. The Bertz CT molecular complexity index is 357. The number of hydrogen-bond donors (Lipinski definition) is 1. The van der Waals surface area contributed by atoms with Gasteiger partial charge in [0.2, 0.25) is 0 Å². The van der Waals surface area contributed by atoms with E-state index in [9.17, 15) is 0 Å². The van der Waals surface area contributed by atoms with Crippen LogP contribution in [-0.4, -0.2) is 23.3 Å². The molecule has 0 unspecified atom stereocenters. The smallest absolute Gasteiger partial charge is 0.0948 e. The summed E-state index contributed by atoms with van der Waals surface area (Å²) in [5.41, 5.74) is 7.70. The highest BCUT2D eigenvalue weighted by molar-refractivity contribution is 5.06. The van der Waals surface area contributed by atoms with Gasteiger partial charge in [-0.15, -0.1) is 0 Å². The molecule has 1 aromatic rings. The highest BCUT2D eigenvalue weighted by Crippen LogP contribution is 2.50. The van der Waals surface area contributed by atoms with E-state index in [1.165, 1.54) is 12.8 Å². The molecule has 0 radical (unpaired) electrons. The van der Waals surface area contributed by atoms with Crippen molar-refractivity contribution in [2.24, 2.45) is 11.1 Å². The van der Waals surface area contributed by atoms with Crippen LogP contribution in [0.15, 0.2) is 12.5 Å². The summed E-state index contributed by atoms with van der Waals surface area (Å²) in [5.74, 6) is 0. The molecule has 96 valence electrons. The van der Waals surface area contributed by atoms with Gasteiger partial charge in [0.15, 0.2) is 0 Å². The molecule has 1 fully saturated rings. The number of imidazole rings is 1. The second kappa shape index (κ2) is 5.19. The minimum Gasteiger partial charge on any atom is -0.385 e. The maximum Gasteiger partial charge on any atom is 0.0948 e. The number of methoxy groups -OCH3 is 1. The summed E-state index contributed by atoms with van der Waals surface area (Å²) >= 11 is 0. The van der Waals surface area contributed by atoms with Gasteiger partial charge < -0.3 is 15.0 Å². The summed E-state index contributed by atoms with van der Waals surface area (Å²) in [5, 5.41) is 0. The Balaban J connectivity index is 2.01.